The van der Waals surface area contributed by atoms with Gasteiger partial charge >= 0.3 is 0 Å². The Morgan fingerprint density at radius 2 is 1.88 bits per heavy atom. The molecule has 1 aromatic rings. The number of hydrogen-bond donors (Lipinski definition) is 2. The summed E-state index contributed by atoms with van der Waals surface area (Å²) in [5, 5.41) is 15.1. The van der Waals surface area contributed by atoms with Crippen LogP contribution in [-0.4, -0.2) is 43.1 Å². The van der Waals surface area contributed by atoms with E-state index in [1.165, 1.54) is 6.07 Å². The summed E-state index contributed by atoms with van der Waals surface area (Å²) in [4.78, 5) is 6.61. The maximum absolute atomic E-state index is 13.9. The van der Waals surface area contributed by atoms with Crippen molar-refractivity contribution in [2.75, 3.05) is 20.1 Å². The van der Waals surface area contributed by atoms with Crippen LogP contribution < -0.4 is 10.6 Å². The second-order valence-corrected chi connectivity index (χ2v) is 6.55. The van der Waals surface area contributed by atoms with Gasteiger partial charge in [0, 0.05) is 44.3 Å². The third-order valence-corrected chi connectivity index (χ3v) is 4.06. The molecule has 0 radical (unpaired) electrons. The summed E-state index contributed by atoms with van der Waals surface area (Å²) in [6.45, 7) is 11.0. The van der Waals surface area contributed by atoms with Crippen molar-refractivity contribution in [1.82, 2.24) is 15.5 Å². The molecule has 0 saturated carbocycles. The molecule has 0 amide bonds. The van der Waals surface area contributed by atoms with E-state index in [1.54, 1.807) is 19.2 Å². The maximum atomic E-state index is 13.9. The Kier molecular flexibility index (Phi) is 12.2. The lowest BCUT2D eigenvalue weighted by Gasteiger charge is -2.30. The van der Waals surface area contributed by atoms with Crippen molar-refractivity contribution in [2.45, 2.75) is 52.7 Å². The number of rotatable bonds is 8. The van der Waals surface area contributed by atoms with Gasteiger partial charge in [-0.3, -0.25) is 9.89 Å². The van der Waals surface area contributed by atoms with Gasteiger partial charge in [-0.25, -0.2) is 4.39 Å². The Hall–Kier alpha value is -1.40. The summed E-state index contributed by atoms with van der Waals surface area (Å²) in [6.07, 6.45) is 1.00. The summed E-state index contributed by atoms with van der Waals surface area (Å²) in [5.41, 5.74) is 0.830. The van der Waals surface area contributed by atoms with Crippen LogP contribution in [0.3, 0.4) is 0 Å². The van der Waals surface area contributed by atoms with E-state index in [0.29, 0.717) is 35.7 Å². The van der Waals surface area contributed by atoms with Crippen molar-refractivity contribution < 1.29 is 4.39 Å². The van der Waals surface area contributed by atoms with E-state index < -0.39 is 0 Å². The van der Waals surface area contributed by atoms with E-state index in [9.17, 15) is 4.39 Å². The van der Waals surface area contributed by atoms with E-state index in [4.69, 9.17) is 5.26 Å². The second kappa shape index (κ2) is 12.9. The number of halogens is 2. The quantitative estimate of drug-likeness (QED) is 0.262. The van der Waals surface area contributed by atoms with Crippen molar-refractivity contribution in [3.63, 3.8) is 0 Å². The highest BCUT2D eigenvalue weighted by molar-refractivity contribution is 14.0. The molecule has 7 heteroatoms. The minimum atomic E-state index is -0.383. The fourth-order valence-electron chi connectivity index (χ4n) is 2.74. The van der Waals surface area contributed by atoms with E-state index in [1.807, 2.05) is 6.07 Å². The van der Waals surface area contributed by atoms with E-state index in [2.05, 4.69) is 48.2 Å². The molecule has 0 aromatic heterocycles. The summed E-state index contributed by atoms with van der Waals surface area (Å²) in [7, 11) is 1.69. The summed E-state index contributed by atoms with van der Waals surface area (Å²) >= 11 is 0. The minimum Gasteiger partial charge on any atom is -0.356 e. The van der Waals surface area contributed by atoms with Crippen LogP contribution in [0.25, 0.3) is 0 Å². The fourth-order valence-corrected chi connectivity index (χ4v) is 2.74. The number of nitriles is 1. The number of aliphatic imine (C=N–C) groups is 1. The third-order valence-electron chi connectivity index (χ3n) is 4.06. The first kappa shape index (κ1) is 24.6. The molecule has 0 fully saturated rings. The van der Waals surface area contributed by atoms with Crippen molar-refractivity contribution in [3.05, 3.63) is 35.1 Å². The molecule has 0 unspecified atom stereocenters. The SMILES string of the molecule is CN=C(NCCCN(C(C)C)C(C)C)NCc1ccc(C#N)cc1F.I. The second-order valence-electron chi connectivity index (χ2n) is 6.55. The Bertz CT molecular complexity index is 602. The van der Waals surface area contributed by atoms with Crippen molar-refractivity contribution >= 4 is 29.9 Å². The van der Waals surface area contributed by atoms with Crippen molar-refractivity contribution in [2.24, 2.45) is 4.99 Å². The summed E-state index contributed by atoms with van der Waals surface area (Å²) in [6, 6.07) is 7.47. The van der Waals surface area contributed by atoms with Gasteiger partial charge in [-0.05, 0) is 46.2 Å². The molecule has 26 heavy (non-hydrogen) atoms. The normalized spacial score (nSPS) is 11.5. The summed E-state index contributed by atoms with van der Waals surface area (Å²) in [5.74, 6) is 0.260. The first-order valence-electron chi connectivity index (χ1n) is 8.77. The van der Waals surface area contributed by atoms with Gasteiger partial charge in [0.15, 0.2) is 5.96 Å². The molecule has 0 bridgehead atoms. The Labute approximate surface area is 174 Å². The highest BCUT2D eigenvalue weighted by Gasteiger charge is 2.12. The Morgan fingerprint density at radius 3 is 2.38 bits per heavy atom. The van der Waals surface area contributed by atoms with Crippen molar-refractivity contribution in [1.29, 1.82) is 5.26 Å². The first-order valence-corrected chi connectivity index (χ1v) is 8.77. The number of guanidine groups is 1. The molecule has 0 heterocycles. The molecule has 0 spiro atoms. The zero-order valence-electron chi connectivity index (χ0n) is 16.3. The average molecular weight is 475 g/mol. The number of hydrogen-bond acceptors (Lipinski definition) is 3. The standard InChI is InChI=1S/C19H30FN5.HI/c1-14(2)25(15(3)4)10-6-9-23-19(22-5)24-13-17-8-7-16(12-21)11-18(17)20;/h7-8,11,14-15H,6,9-10,13H2,1-5H3,(H2,22,23,24);1H. The maximum Gasteiger partial charge on any atom is 0.191 e. The zero-order chi connectivity index (χ0) is 18.8. The molecule has 2 N–H and O–H groups in total. The molecule has 1 rings (SSSR count). The molecule has 0 atom stereocenters. The Balaban J connectivity index is 0.00000625. The topological polar surface area (TPSA) is 63.5 Å². The lowest BCUT2D eigenvalue weighted by molar-refractivity contribution is 0.173. The Morgan fingerprint density at radius 1 is 1.23 bits per heavy atom. The van der Waals surface area contributed by atoms with Gasteiger partial charge < -0.3 is 10.6 Å². The van der Waals surface area contributed by atoms with Gasteiger partial charge in [-0.2, -0.15) is 5.26 Å². The number of benzene rings is 1. The molecule has 0 aliphatic carbocycles. The highest BCUT2D eigenvalue weighted by atomic mass is 127. The molecule has 0 saturated heterocycles. The van der Waals surface area contributed by atoms with E-state index in [-0.39, 0.29) is 29.8 Å². The predicted molar refractivity (Wildman–Crippen MR) is 116 cm³/mol. The molecule has 146 valence electrons. The molecule has 1 aromatic carbocycles. The lowest BCUT2D eigenvalue weighted by atomic mass is 10.1. The van der Waals surface area contributed by atoms with Crippen LogP contribution in [0.4, 0.5) is 4.39 Å². The predicted octanol–water partition coefficient (Wildman–Crippen LogP) is 3.49. The van der Waals surface area contributed by atoms with E-state index in [0.717, 1.165) is 19.5 Å². The smallest absolute Gasteiger partial charge is 0.191 e. The molecular weight excluding hydrogens is 444 g/mol. The van der Waals surface area contributed by atoms with Gasteiger partial charge in [0.25, 0.3) is 0 Å². The highest BCUT2D eigenvalue weighted by Crippen LogP contribution is 2.09. The number of nitrogens with one attached hydrogen (secondary N) is 2. The van der Waals surface area contributed by atoms with Gasteiger partial charge in [-0.15, -0.1) is 24.0 Å². The number of nitrogens with zero attached hydrogens (tertiary/aromatic N) is 3. The lowest BCUT2D eigenvalue weighted by Crippen LogP contribution is -2.41. The molecule has 5 nitrogen and oxygen atoms in total. The van der Waals surface area contributed by atoms with Gasteiger partial charge in [0.2, 0.25) is 0 Å². The van der Waals surface area contributed by atoms with Crippen LogP contribution >= 0.6 is 24.0 Å². The van der Waals surface area contributed by atoms with Crippen LogP contribution in [0.15, 0.2) is 23.2 Å². The fraction of sp³-hybridized carbons (Fsp3) is 0.579. The molecular formula is C19H31FIN5. The van der Waals surface area contributed by atoms with Crippen LogP contribution in [0.1, 0.15) is 45.2 Å². The average Bonchev–Trinajstić information content (AvgIpc) is 2.57. The van der Waals surface area contributed by atoms with Gasteiger partial charge in [0.1, 0.15) is 5.82 Å². The monoisotopic (exact) mass is 475 g/mol. The molecule has 0 aliphatic heterocycles. The zero-order valence-corrected chi connectivity index (χ0v) is 18.7. The van der Waals surface area contributed by atoms with Crippen molar-refractivity contribution in [3.8, 4) is 6.07 Å². The van der Waals surface area contributed by atoms with E-state index >= 15 is 0 Å². The first-order chi connectivity index (χ1) is 11.9. The van der Waals surface area contributed by atoms with Gasteiger partial charge in [-0.1, -0.05) is 6.07 Å². The van der Waals surface area contributed by atoms with Gasteiger partial charge in [0.05, 0.1) is 11.6 Å². The third kappa shape index (κ3) is 8.32. The minimum absolute atomic E-state index is 0. The molecule has 0 aliphatic rings. The van der Waals surface area contributed by atoms with Crippen LogP contribution in [-0.2, 0) is 6.54 Å². The summed E-state index contributed by atoms with van der Waals surface area (Å²) < 4.78 is 13.9. The van der Waals surface area contributed by atoms with Crippen LogP contribution in [0, 0.1) is 17.1 Å². The largest absolute Gasteiger partial charge is 0.356 e. The van der Waals surface area contributed by atoms with Crippen LogP contribution in [0.2, 0.25) is 0 Å². The van der Waals surface area contributed by atoms with Crippen LogP contribution in [0.5, 0.6) is 0 Å².